The number of rotatable bonds is 6. The first-order chi connectivity index (χ1) is 14.2. The molecule has 1 aliphatic carbocycles. The summed E-state index contributed by atoms with van der Waals surface area (Å²) >= 11 is 3.51. The van der Waals surface area contributed by atoms with Crippen LogP contribution in [0.3, 0.4) is 0 Å². The van der Waals surface area contributed by atoms with E-state index in [1.54, 1.807) is 0 Å². The monoisotopic (exact) mass is 447 g/mol. The lowest BCUT2D eigenvalue weighted by atomic mass is 9.83. The van der Waals surface area contributed by atoms with Gasteiger partial charge in [-0.3, -0.25) is 4.79 Å². The Morgan fingerprint density at radius 2 is 1.28 bits per heavy atom. The van der Waals surface area contributed by atoms with E-state index in [4.69, 9.17) is 0 Å². The molecule has 0 spiro atoms. The number of amides is 1. The Morgan fingerprint density at radius 1 is 0.759 bits per heavy atom. The maximum Gasteiger partial charge on any atom is 0.228 e. The fourth-order valence-electron chi connectivity index (χ4n) is 4.48. The van der Waals surface area contributed by atoms with Crippen molar-refractivity contribution in [2.45, 2.75) is 37.6 Å². The van der Waals surface area contributed by atoms with Gasteiger partial charge >= 0.3 is 0 Å². The van der Waals surface area contributed by atoms with Crippen molar-refractivity contribution in [1.29, 1.82) is 0 Å². The van der Waals surface area contributed by atoms with Crippen molar-refractivity contribution in [3.63, 3.8) is 0 Å². The van der Waals surface area contributed by atoms with Gasteiger partial charge in [0.05, 0.1) is 12.0 Å². The van der Waals surface area contributed by atoms with Crippen LogP contribution in [0.1, 0.15) is 54.3 Å². The SMILES string of the molecule is O=C(NC(c1ccccc1)c1ccc(Br)cc1)C(c1ccccc1)C1CCCC1. The minimum Gasteiger partial charge on any atom is -0.345 e. The first-order valence-corrected chi connectivity index (χ1v) is 11.2. The Morgan fingerprint density at radius 3 is 1.86 bits per heavy atom. The number of hydrogen-bond acceptors (Lipinski definition) is 1. The predicted molar refractivity (Wildman–Crippen MR) is 122 cm³/mol. The van der Waals surface area contributed by atoms with Gasteiger partial charge in [0.25, 0.3) is 0 Å². The standard InChI is InChI=1S/C26H26BrNO/c27-23-17-15-22(16-18-23)25(21-13-5-2-6-14-21)28-26(29)24(20-11-7-8-12-20)19-9-3-1-4-10-19/h1-6,9-10,13-18,20,24-25H,7-8,11-12H2,(H,28,29). The summed E-state index contributed by atoms with van der Waals surface area (Å²) in [7, 11) is 0. The first-order valence-electron chi connectivity index (χ1n) is 10.4. The van der Waals surface area contributed by atoms with Gasteiger partial charge in [-0.25, -0.2) is 0 Å². The second kappa shape index (κ2) is 9.41. The highest BCUT2D eigenvalue weighted by atomic mass is 79.9. The molecule has 0 aliphatic heterocycles. The van der Waals surface area contributed by atoms with Crippen molar-refractivity contribution in [2.75, 3.05) is 0 Å². The molecule has 2 atom stereocenters. The topological polar surface area (TPSA) is 29.1 Å². The van der Waals surface area contributed by atoms with Gasteiger partial charge in [0.2, 0.25) is 5.91 Å². The predicted octanol–water partition coefficient (Wildman–Crippen LogP) is 6.63. The van der Waals surface area contributed by atoms with Crippen LogP contribution in [-0.4, -0.2) is 5.91 Å². The van der Waals surface area contributed by atoms with E-state index in [1.165, 1.54) is 12.8 Å². The molecule has 0 radical (unpaired) electrons. The summed E-state index contributed by atoms with van der Waals surface area (Å²) in [5, 5.41) is 3.39. The molecular weight excluding hydrogens is 422 g/mol. The third-order valence-electron chi connectivity index (χ3n) is 5.94. The number of benzene rings is 3. The molecule has 1 N–H and O–H groups in total. The molecule has 1 aliphatic rings. The lowest BCUT2D eigenvalue weighted by Gasteiger charge is -2.27. The van der Waals surface area contributed by atoms with E-state index in [0.717, 1.165) is 34.0 Å². The molecule has 1 amide bonds. The van der Waals surface area contributed by atoms with E-state index in [1.807, 2.05) is 48.5 Å². The number of carbonyl (C=O) groups excluding carboxylic acids is 1. The van der Waals surface area contributed by atoms with E-state index in [2.05, 4.69) is 57.6 Å². The van der Waals surface area contributed by atoms with Gasteiger partial charge in [-0.05, 0) is 47.6 Å². The molecule has 1 fully saturated rings. The minimum absolute atomic E-state index is 0.0969. The molecule has 0 heterocycles. The molecule has 3 aromatic carbocycles. The van der Waals surface area contributed by atoms with Gasteiger partial charge in [-0.1, -0.05) is 102 Å². The molecule has 0 aromatic heterocycles. The Bertz CT molecular complexity index is 918. The van der Waals surface area contributed by atoms with Gasteiger partial charge in [-0.15, -0.1) is 0 Å². The summed E-state index contributed by atoms with van der Waals surface area (Å²) in [4.78, 5) is 13.6. The normalized spacial score (nSPS) is 16.3. The lowest BCUT2D eigenvalue weighted by Crippen LogP contribution is -2.36. The summed E-state index contributed by atoms with van der Waals surface area (Å²) in [6.45, 7) is 0. The van der Waals surface area contributed by atoms with Crippen molar-refractivity contribution >= 4 is 21.8 Å². The average Bonchev–Trinajstić information content (AvgIpc) is 3.29. The largest absolute Gasteiger partial charge is 0.345 e. The van der Waals surface area contributed by atoms with Crippen LogP contribution in [0.2, 0.25) is 0 Å². The third kappa shape index (κ3) is 4.79. The van der Waals surface area contributed by atoms with Crippen LogP contribution >= 0.6 is 15.9 Å². The average molecular weight is 448 g/mol. The quantitative estimate of drug-likeness (QED) is 0.451. The third-order valence-corrected chi connectivity index (χ3v) is 6.46. The second-order valence-electron chi connectivity index (χ2n) is 7.84. The van der Waals surface area contributed by atoms with E-state index < -0.39 is 0 Å². The van der Waals surface area contributed by atoms with Crippen molar-refractivity contribution < 1.29 is 4.79 Å². The van der Waals surface area contributed by atoms with E-state index in [-0.39, 0.29) is 17.9 Å². The van der Waals surface area contributed by atoms with E-state index in [9.17, 15) is 4.79 Å². The smallest absolute Gasteiger partial charge is 0.228 e. The number of halogens is 1. The van der Waals surface area contributed by atoms with Crippen LogP contribution < -0.4 is 5.32 Å². The summed E-state index contributed by atoms with van der Waals surface area (Å²) in [5.41, 5.74) is 3.31. The lowest BCUT2D eigenvalue weighted by molar-refractivity contribution is -0.124. The van der Waals surface area contributed by atoms with Crippen molar-refractivity contribution in [3.05, 3.63) is 106 Å². The highest BCUT2D eigenvalue weighted by Crippen LogP contribution is 2.38. The molecule has 2 unspecified atom stereocenters. The molecular formula is C26H26BrNO. The molecule has 1 saturated carbocycles. The first kappa shape index (κ1) is 19.9. The second-order valence-corrected chi connectivity index (χ2v) is 8.75. The van der Waals surface area contributed by atoms with Gasteiger partial charge in [0, 0.05) is 4.47 Å². The van der Waals surface area contributed by atoms with Gasteiger partial charge in [-0.2, -0.15) is 0 Å². The van der Waals surface area contributed by atoms with Crippen LogP contribution in [0.4, 0.5) is 0 Å². The number of hydrogen-bond donors (Lipinski definition) is 1. The van der Waals surface area contributed by atoms with Crippen LogP contribution in [0, 0.1) is 5.92 Å². The van der Waals surface area contributed by atoms with Crippen LogP contribution in [0.15, 0.2) is 89.4 Å². The van der Waals surface area contributed by atoms with E-state index >= 15 is 0 Å². The summed E-state index contributed by atoms with van der Waals surface area (Å²) in [6.07, 6.45) is 4.69. The molecule has 0 bridgehead atoms. The van der Waals surface area contributed by atoms with Crippen LogP contribution in [0.5, 0.6) is 0 Å². The van der Waals surface area contributed by atoms with Crippen LogP contribution in [0.25, 0.3) is 0 Å². The minimum atomic E-state index is -0.163. The Labute approximate surface area is 181 Å². The van der Waals surface area contributed by atoms with Gasteiger partial charge in [0.1, 0.15) is 0 Å². The number of nitrogens with one attached hydrogen (secondary N) is 1. The molecule has 3 heteroatoms. The number of carbonyl (C=O) groups is 1. The zero-order chi connectivity index (χ0) is 20.1. The summed E-state index contributed by atoms with van der Waals surface area (Å²) in [5.74, 6) is 0.443. The zero-order valence-electron chi connectivity index (χ0n) is 16.4. The van der Waals surface area contributed by atoms with Crippen molar-refractivity contribution in [1.82, 2.24) is 5.32 Å². The van der Waals surface area contributed by atoms with E-state index in [0.29, 0.717) is 5.92 Å². The molecule has 148 valence electrons. The Kier molecular flexibility index (Phi) is 6.46. The fraction of sp³-hybridized carbons (Fsp3) is 0.269. The van der Waals surface area contributed by atoms with Crippen molar-refractivity contribution in [2.24, 2.45) is 5.92 Å². The highest BCUT2D eigenvalue weighted by Gasteiger charge is 2.33. The molecule has 4 rings (SSSR count). The molecule has 2 nitrogen and oxygen atoms in total. The summed E-state index contributed by atoms with van der Waals surface area (Å²) in [6, 6.07) is 28.6. The Balaban J connectivity index is 1.66. The fourth-order valence-corrected chi connectivity index (χ4v) is 4.74. The Hall–Kier alpha value is -2.39. The highest BCUT2D eigenvalue weighted by molar-refractivity contribution is 9.10. The van der Waals surface area contributed by atoms with Gasteiger partial charge < -0.3 is 5.32 Å². The molecule has 29 heavy (non-hydrogen) atoms. The summed E-state index contributed by atoms with van der Waals surface area (Å²) < 4.78 is 1.03. The molecule has 3 aromatic rings. The van der Waals surface area contributed by atoms with Crippen molar-refractivity contribution in [3.8, 4) is 0 Å². The van der Waals surface area contributed by atoms with Crippen LogP contribution in [-0.2, 0) is 4.79 Å². The maximum absolute atomic E-state index is 13.6. The molecule has 0 saturated heterocycles. The van der Waals surface area contributed by atoms with Gasteiger partial charge in [0.15, 0.2) is 0 Å². The maximum atomic E-state index is 13.6. The zero-order valence-corrected chi connectivity index (χ0v) is 18.0.